The van der Waals surface area contributed by atoms with E-state index in [1.54, 1.807) is 0 Å². The Kier molecular flexibility index (Phi) is 4.35. The lowest BCUT2D eigenvalue weighted by atomic mass is 9.99. The van der Waals surface area contributed by atoms with Gasteiger partial charge in [-0.3, -0.25) is 4.79 Å². The first kappa shape index (κ1) is 13.3. The molecule has 2 rings (SSSR count). The summed E-state index contributed by atoms with van der Waals surface area (Å²) >= 11 is 0. The smallest absolute Gasteiger partial charge is 0.227 e. The number of nitrogens with one attached hydrogen (secondary N) is 1. The van der Waals surface area contributed by atoms with E-state index in [1.165, 1.54) is 0 Å². The summed E-state index contributed by atoms with van der Waals surface area (Å²) in [4.78, 5) is 12.2. The zero-order valence-corrected chi connectivity index (χ0v) is 11.3. The molecule has 2 heteroatoms. The molecule has 1 N–H and O–H groups in total. The quantitative estimate of drug-likeness (QED) is 0.885. The second-order valence-electron chi connectivity index (χ2n) is 4.77. The molecule has 0 aliphatic heterocycles. The topological polar surface area (TPSA) is 29.1 Å². The van der Waals surface area contributed by atoms with E-state index >= 15 is 0 Å². The molecule has 0 bridgehead atoms. The van der Waals surface area contributed by atoms with Crippen LogP contribution in [0.4, 0.5) is 0 Å². The number of carbonyl (C=O) groups is 1. The molecule has 19 heavy (non-hydrogen) atoms. The highest BCUT2D eigenvalue weighted by Crippen LogP contribution is 2.17. The summed E-state index contributed by atoms with van der Waals surface area (Å²) in [5, 5.41) is 3.06. The molecule has 0 unspecified atom stereocenters. The molecular formula is C17H19NO. The Labute approximate surface area is 114 Å². The molecule has 2 atom stereocenters. The van der Waals surface area contributed by atoms with E-state index in [1.807, 2.05) is 74.5 Å². The van der Waals surface area contributed by atoms with Crippen molar-refractivity contribution in [1.29, 1.82) is 0 Å². The van der Waals surface area contributed by atoms with E-state index in [-0.39, 0.29) is 17.9 Å². The number of amides is 1. The fourth-order valence-electron chi connectivity index (χ4n) is 2.06. The van der Waals surface area contributed by atoms with Crippen molar-refractivity contribution in [2.75, 3.05) is 0 Å². The van der Waals surface area contributed by atoms with Crippen molar-refractivity contribution in [3.63, 3.8) is 0 Å². The van der Waals surface area contributed by atoms with Crippen LogP contribution in [0.15, 0.2) is 60.7 Å². The van der Waals surface area contributed by atoms with Crippen molar-refractivity contribution >= 4 is 5.91 Å². The van der Waals surface area contributed by atoms with E-state index in [4.69, 9.17) is 0 Å². The van der Waals surface area contributed by atoms with Crippen molar-refractivity contribution < 1.29 is 4.79 Å². The molecule has 0 radical (unpaired) electrons. The van der Waals surface area contributed by atoms with Crippen LogP contribution < -0.4 is 5.32 Å². The number of hydrogen-bond donors (Lipinski definition) is 1. The fraction of sp³-hybridized carbons (Fsp3) is 0.235. The predicted molar refractivity (Wildman–Crippen MR) is 77.9 cm³/mol. The Morgan fingerprint density at radius 2 is 1.32 bits per heavy atom. The highest BCUT2D eigenvalue weighted by atomic mass is 16.1. The normalized spacial score (nSPS) is 13.6. The fourth-order valence-corrected chi connectivity index (χ4v) is 2.06. The summed E-state index contributed by atoms with van der Waals surface area (Å²) in [6.07, 6.45) is 0. The van der Waals surface area contributed by atoms with Crippen LogP contribution in [0, 0.1) is 0 Å². The second-order valence-corrected chi connectivity index (χ2v) is 4.77. The number of hydrogen-bond acceptors (Lipinski definition) is 1. The van der Waals surface area contributed by atoms with E-state index in [0.717, 1.165) is 11.1 Å². The Morgan fingerprint density at radius 3 is 1.84 bits per heavy atom. The van der Waals surface area contributed by atoms with Gasteiger partial charge in [-0.1, -0.05) is 60.7 Å². The van der Waals surface area contributed by atoms with Gasteiger partial charge in [-0.2, -0.15) is 0 Å². The monoisotopic (exact) mass is 253 g/mol. The average Bonchev–Trinajstić information content (AvgIpc) is 2.48. The Balaban J connectivity index is 2.02. The van der Waals surface area contributed by atoms with Crippen LogP contribution >= 0.6 is 0 Å². The molecule has 0 saturated carbocycles. The molecule has 1 amide bonds. The van der Waals surface area contributed by atoms with Gasteiger partial charge in [0.1, 0.15) is 0 Å². The molecule has 0 heterocycles. The van der Waals surface area contributed by atoms with Gasteiger partial charge in [0.25, 0.3) is 0 Å². The van der Waals surface area contributed by atoms with Crippen LogP contribution in [0.1, 0.15) is 36.9 Å². The van der Waals surface area contributed by atoms with Gasteiger partial charge in [-0.25, -0.2) is 0 Å². The minimum atomic E-state index is -0.132. The van der Waals surface area contributed by atoms with Gasteiger partial charge in [0.15, 0.2) is 0 Å². The van der Waals surface area contributed by atoms with Gasteiger partial charge in [-0.05, 0) is 25.0 Å². The van der Waals surface area contributed by atoms with E-state index in [9.17, 15) is 4.79 Å². The summed E-state index contributed by atoms with van der Waals surface area (Å²) in [5.41, 5.74) is 2.16. The Hall–Kier alpha value is -2.09. The van der Waals surface area contributed by atoms with Gasteiger partial charge >= 0.3 is 0 Å². The number of benzene rings is 2. The second kappa shape index (κ2) is 6.19. The maximum absolute atomic E-state index is 12.2. The van der Waals surface area contributed by atoms with Crippen molar-refractivity contribution in [3.05, 3.63) is 71.8 Å². The maximum Gasteiger partial charge on any atom is 0.227 e. The van der Waals surface area contributed by atoms with Crippen LogP contribution in [0.5, 0.6) is 0 Å². The third-order valence-electron chi connectivity index (χ3n) is 3.35. The lowest BCUT2D eigenvalue weighted by Crippen LogP contribution is -2.30. The van der Waals surface area contributed by atoms with Gasteiger partial charge in [0, 0.05) is 0 Å². The molecule has 0 spiro atoms. The lowest BCUT2D eigenvalue weighted by Gasteiger charge is -2.18. The summed E-state index contributed by atoms with van der Waals surface area (Å²) in [5.74, 6) is -0.0742. The van der Waals surface area contributed by atoms with Gasteiger partial charge in [-0.15, -0.1) is 0 Å². The molecule has 2 aromatic rings. The zero-order chi connectivity index (χ0) is 13.7. The molecule has 0 fully saturated rings. The van der Waals surface area contributed by atoms with Crippen molar-refractivity contribution in [2.24, 2.45) is 0 Å². The molecule has 0 aliphatic carbocycles. The highest BCUT2D eigenvalue weighted by molar-refractivity contribution is 5.83. The first-order chi connectivity index (χ1) is 9.18. The zero-order valence-electron chi connectivity index (χ0n) is 11.3. The van der Waals surface area contributed by atoms with E-state index in [2.05, 4.69) is 5.32 Å². The predicted octanol–water partition coefficient (Wildman–Crippen LogP) is 3.67. The van der Waals surface area contributed by atoms with E-state index in [0.29, 0.717) is 0 Å². The molecule has 0 aliphatic rings. The van der Waals surface area contributed by atoms with Crippen LogP contribution in [0.3, 0.4) is 0 Å². The van der Waals surface area contributed by atoms with Crippen molar-refractivity contribution in [2.45, 2.75) is 25.8 Å². The summed E-state index contributed by atoms with van der Waals surface area (Å²) in [7, 11) is 0. The summed E-state index contributed by atoms with van der Waals surface area (Å²) < 4.78 is 0. The maximum atomic E-state index is 12.2. The van der Waals surface area contributed by atoms with Crippen molar-refractivity contribution in [1.82, 2.24) is 5.32 Å². The number of rotatable bonds is 4. The molecule has 0 aromatic heterocycles. The first-order valence-corrected chi connectivity index (χ1v) is 6.58. The van der Waals surface area contributed by atoms with Crippen LogP contribution in [0.25, 0.3) is 0 Å². The van der Waals surface area contributed by atoms with Gasteiger partial charge in [0.05, 0.1) is 12.0 Å². The third kappa shape index (κ3) is 3.44. The highest BCUT2D eigenvalue weighted by Gasteiger charge is 2.17. The molecular weight excluding hydrogens is 234 g/mol. The molecule has 2 nitrogen and oxygen atoms in total. The van der Waals surface area contributed by atoms with Gasteiger partial charge < -0.3 is 5.32 Å². The van der Waals surface area contributed by atoms with E-state index < -0.39 is 0 Å². The standard InChI is InChI=1S/C17H19NO/c1-13(15-9-5-3-6-10-15)17(19)18-14(2)16-11-7-4-8-12-16/h3-14H,1-2H3,(H,18,19)/t13-,14+/m1/s1. The number of carbonyl (C=O) groups excluding carboxylic acids is 1. The Bertz CT molecular complexity index is 521. The van der Waals surface area contributed by atoms with Gasteiger partial charge in [0.2, 0.25) is 5.91 Å². The third-order valence-corrected chi connectivity index (χ3v) is 3.35. The summed E-state index contributed by atoms with van der Waals surface area (Å²) in [6.45, 7) is 3.94. The van der Waals surface area contributed by atoms with Crippen LogP contribution in [0.2, 0.25) is 0 Å². The molecule has 0 saturated heterocycles. The summed E-state index contributed by atoms with van der Waals surface area (Å²) in [6, 6.07) is 19.9. The largest absolute Gasteiger partial charge is 0.349 e. The lowest BCUT2D eigenvalue weighted by molar-refractivity contribution is -0.122. The SMILES string of the molecule is C[C@H](NC(=O)[C@H](C)c1ccccc1)c1ccccc1. The van der Waals surface area contributed by atoms with Crippen molar-refractivity contribution in [3.8, 4) is 0 Å². The van der Waals surface area contributed by atoms with Crippen LogP contribution in [-0.4, -0.2) is 5.91 Å². The molecule has 98 valence electrons. The molecule has 2 aromatic carbocycles. The van der Waals surface area contributed by atoms with Crippen LogP contribution in [-0.2, 0) is 4.79 Å². The minimum absolute atomic E-state index is 0.0277. The first-order valence-electron chi connectivity index (χ1n) is 6.58. The average molecular weight is 253 g/mol. The minimum Gasteiger partial charge on any atom is -0.349 e. The Morgan fingerprint density at radius 1 is 0.842 bits per heavy atom.